The Morgan fingerprint density at radius 1 is 1.14 bits per heavy atom. The van der Waals surface area contributed by atoms with E-state index in [2.05, 4.69) is 9.46 Å². The maximum atomic E-state index is 14.1. The highest BCUT2D eigenvalue weighted by molar-refractivity contribution is 7.97. The Balaban J connectivity index is 0.00000190. The number of ether oxygens (including phenoxy) is 2. The highest BCUT2D eigenvalue weighted by Crippen LogP contribution is 2.35. The summed E-state index contributed by atoms with van der Waals surface area (Å²) in [6, 6.07) is 5.60. The molecule has 0 radical (unpaired) electrons. The molecule has 0 bridgehead atoms. The van der Waals surface area contributed by atoms with Gasteiger partial charge in [-0.15, -0.1) is 13.2 Å². The first-order valence-electron chi connectivity index (χ1n) is 7.97. The van der Waals surface area contributed by atoms with Crippen molar-refractivity contribution in [3.63, 3.8) is 0 Å². The van der Waals surface area contributed by atoms with Gasteiger partial charge in [-0.25, -0.2) is 4.39 Å². The molecule has 0 aliphatic rings. The summed E-state index contributed by atoms with van der Waals surface area (Å²) >= 11 is 6.77. The van der Waals surface area contributed by atoms with E-state index in [1.54, 1.807) is 13.2 Å². The molecule has 0 saturated carbocycles. The number of halogens is 5. The van der Waals surface area contributed by atoms with Gasteiger partial charge in [0.15, 0.2) is 0 Å². The predicted molar refractivity (Wildman–Crippen MR) is 102 cm³/mol. The Labute approximate surface area is 169 Å². The van der Waals surface area contributed by atoms with Crippen molar-refractivity contribution >= 4 is 29.5 Å². The van der Waals surface area contributed by atoms with Crippen molar-refractivity contribution < 1.29 is 31.8 Å². The monoisotopic (exact) mass is 439 g/mol. The van der Waals surface area contributed by atoms with Gasteiger partial charge in [0.05, 0.1) is 10.6 Å². The van der Waals surface area contributed by atoms with E-state index in [0.717, 1.165) is 30.1 Å². The molecule has 2 aromatic carbocycles. The van der Waals surface area contributed by atoms with Crippen LogP contribution in [-0.4, -0.2) is 18.5 Å². The molecule has 10 heteroatoms. The van der Waals surface area contributed by atoms with Crippen LogP contribution >= 0.6 is 23.5 Å². The third-order valence-corrected chi connectivity index (χ3v) is 3.75. The number of aryl methyl sites for hydroxylation is 1. The third kappa shape index (κ3) is 6.79. The first-order chi connectivity index (χ1) is 13.1. The van der Waals surface area contributed by atoms with E-state index in [4.69, 9.17) is 16.3 Å². The van der Waals surface area contributed by atoms with E-state index in [9.17, 15) is 22.4 Å². The third-order valence-electron chi connectivity index (χ3n) is 3.06. The molecule has 0 saturated heterocycles. The van der Waals surface area contributed by atoms with Crippen LogP contribution in [0.2, 0.25) is 5.02 Å². The number of benzene rings is 2. The average Bonchev–Trinajstić information content (AvgIpc) is 2.61. The lowest BCUT2D eigenvalue weighted by atomic mass is 10.1. The van der Waals surface area contributed by atoms with Crippen LogP contribution in [0.1, 0.15) is 29.8 Å². The van der Waals surface area contributed by atoms with E-state index in [1.165, 1.54) is 12.1 Å². The molecule has 2 rings (SSSR count). The molecule has 0 atom stereocenters. The summed E-state index contributed by atoms with van der Waals surface area (Å²) in [7, 11) is 0. The Morgan fingerprint density at radius 3 is 2.32 bits per heavy atom. The average molecular weight is 440 g/mol. The summed E-state index contributed by atoms with van der Waals surface area (Å²) in [6.07, 6.45) is -3.26. The fraction of sp³-hybridized carbons (Fsp3) is 0.278. The maximum Gasteiger partial charge on any atom is 0.573 e. The number of carbonyl (C=O) groups excluding carboxylic acids is 1. The number of alkyl halides is 3. The summed E-state index contributed by atoms with van der Waals surface area (Å²) in [6.45, 7) is 5.59. The summed E-state index contributed by atoms with van der Waals surface area (Å²) in [5.41, 5.74) is 0.292. The van der Waals surface area contributed by atoms with Crippen molar-refractivity contribution in [3.8, 4) is 17.2 Å². The van der Waals surface area contributed by atoms with Crippen LogP contribution in [-0.2, 0) is 0 Å². The fourth-order valence-electron chi connectivity index (χ4n) is 1.97. The molecule has 1 amide bonds. The largest absolute Gasteiger partial charge is 0.573 e. The first-order valence-corrected chi connectivity index (χ1v) is 9.57. The van der Waals surface area contributed by atoms with Crippen molar-refractivity contribution in [1.82, 2.24) is 4.72 Å². The van der Waals surface area contributed by atoms with E-state index < -0.39 is 23.8 Å². The Kier molecular flexibility index (Phi) is 8.90. The van der Waals surface area contributed by atoms with Crippen molar-refractivity contribution in [2.75, 3.05) is 6.26 Å². The number of nitrogens with one attached hydrogen (secondary N) is 1. The summed E-state index contributed by atoms with van der Waals surface area (Å²) < 4.78 is 62.4. The lowest BCUT2D eigenvalue weighted by Gasteiger charge is -2.13. The van der Waals surface area contributed by atoms with Gasteiger partial charge in [0.1, 0.15) is 23.1 Å². The number of carbonyl (C=O) groups is 1. The molecule has 2 aromatic rings. The van der Waals surface area contributed by atoms with Gasteiger partial charge in [-0.3, -0.25) is 9.52 Å². The van der Waals surface area contributed by atoms with E-state index in [1.807, 2.05) is 13.8 Å². The second-order valence-electron chi connectivity index (χ2n) is 4.97. The molecule has 0 aliphatic carbocycles. The molecule has 0 unspecified atom stereocenters. The molecular weight excluding hydrogens is 422 g/mol. The van der Waals surface area contributed by atoms with Crippen LogP contribution in [0.3, 0.4) is 0 Å². The van der Waals surface area contributed by atoms with Gasteiger partial charge in [-0.1, -0.05) is 37.4 Å². The molecule has 0 spiro atoms. The van der Waals surface area contributed by atoms with Crippen LogP contribution < -0.4 is 14.2 Å². The van der Waals surface area contributed by atoms with Crippen LogP contribution in [0, 0.1) is 12.7 Å². The normalized spacial score (nSPS) is 10.6. The number of rotatable bonds is 5. The van der Waals surface area contributed by atoms with E-state index in [0.29, 0.717) is 5.56 Å². The zero-order chi connectivity index (χ0) is 21.5. The van der Waals surface area contributed by atoms with E-state index in [-0.39, 0.29) is 22.1 Å². The van der Waals surface area contributed by atoms with Gasteiger partial charge in [0.25, 0.3) is 5.91 Å². The quantitative estimate of drug-likeness (QED) is 0.426. The Morgan fingerprint density at radius 2 is 1.79 bits per heavy atom. The summed E-state index contributed by atoms with van der Waals surface area (Å²) in [5, 5.41) is -0.325. The van der Waals surface area contributed by atoms with Gasteiger partial charge in [0.2, 0.25) is 0 Å². The van der Waals surface area contributed by atoms with Gasteiger partial charge in [0, 0.05) is 18.4 Å². The molecule has 4 nitrogen and oxygen atoms in total. The van der Waals surface area contributed by atoms with Crippen molar-refractivity contribution in [2.45, 2.75) is 27.1 Å². The Hall–Kier alpha value is -2.13. The van der Waals surface area contributed by atoms with E-state index >= 15 is 0 Å². The molecule has 0 aromatic heterocycles. The van der Waals surface area contributed by atoms with Gasteiger partial charge >= 0.3 is 6.36 Å². The molecule has 0 aliphatic heterocycles. The van der Waals surface area contributed by atoms with Gasteiger partial charge < -0.3 is 9.47 Å². The predicted octanol–water partition coefficient (Wildman–Crippen LogP) is 6.51. The topological polar surface area (TPSA) is 47.6 Å². The first kappa shape index (κ1) is 23.9. The molecule has 154 valence electrons. The van der Waals surface area contributed by atoms with Crippen LogP contribution in [0.4, 0.5) is 17.6 Å². The number of hydrogen-bond acceptors (Lipinski definition) is 4. The van der Waals surface area contributed by atoms with Crippen molar-refractivity contribution in [3.05, 3.63) is 52.3 Å². The minimum atomic E-state index is -4.88. The smallest absolute Gasteiger partial charge is 0.457 e. The molecule has 28 heavy (non-hydrogen) atoms. The van der Waals surface area contributed by atoms with Crippen molar-refractivity contribution in [1.29, 1.82) is 0 Å². The minimum absolute atomic E-state index is 0.0772. The second kappa shape index (κ2) is 10.4. The van der Waals surface area contributed by atoms with Crippen molar-refractivity contribution in [2.24, 2.45) is 0 Å². The minimum Gasteiger partial charge on any atom is -0.457 e. The number of amides is 1. The zero-order valence-corrected chi connectivity index (χ0v) is 17.0. The lowest BCUT2D eigenvalue weighted by molar-refractivity contribution is -0.274. The maximum absolute atomic E-state index is 14.1. The molecule has 0 fully saturated rings. The molecule has 0 heterocycles. The van der Waals surface area contributed by atoms with Crippen LogP contribution in [0.15, 0.2) is 30.3 Å². The Bertz CT molecular complexity index is 831. The second-order valence-corrected chi connectivity index (χ2v) is 5.99. The van der Waals surface area contributed by atoms with Gasteiger partial charge in [-0.2, -0.15) is 0 Å². The van der Waals surface area contributed by atoms with Crippen LogP contribution in [0.5, 0.6) is 17.2 Å². The standard InChI is InChI=1S/C16H12ClF4NO3S.C2H6/c1-8-5-10(15(23)22-26-2)12(18)7-14(8)24-9-3-4-13(11(17)6-9)25-16(19,20)21;1-2/h3-7H,1-2H3,(H,22,23);1-2H3. The lowest BCUT2D eigenvalue weighted by Crippen LogP contribution is -2.17. The number of hydrogen-bond donors (Lipinski definition) is 1. The van der Waals surface area contributed by atoms with Gasteiger partial charge in [-0.05, 0) is 30.7 Å². The molecular formula is C18H18ClF4NO3S. The fourth-order valence-corrected chi connectivity index (χ4v) is 2.48. The molecule has 1 N–H and O–H groups in total. The highest BCUT2D eigenvalue weighted by atomic mass is 35.5. The zero-order valence-electron chi connectivity index (χ0n) is 15.4. The SMILES string of the molecule is CC.CSNC(=O)c1cc(C)c(Oc2ccc(OC(F)(F)F)c(Cl)c2)cc1F. The summed E-state index contributed by atoms with van der Waals surface area (Å²) in [5.74, 6) is -1.82. The highest BCUT2D eigenvalue weighted by Gasteiger charge is 2.32. The van der Waals surface area contributed by atoms with Crippen LogP contribution in [0.25, 0.3) is 0 Å². The summed E-state index contributed by atoms with van der Waals surface area (Å²) in [4.78, 5) is 11.7.